The minimum absolute atomic E-state index is 0.367. The molecule has 2 aliphatic rings. The maximum atomic E-state index is 4.60. The van der Waals surface area contributed by atoms with Crippen molar-refractivity contribution in [3.63, 3.8) is 0 Å². The quantitative estimate of drug-likeness (QED) is 0.653. The van der Waals surface area contributed by atoms with E-state index in [9.17, 15) is 0 Å². The summed E-state index contributed by atoms with van der Waals surface area (Å²) in [6.45, 7) is 19.7. The van der Waals surface area contributed by atoms with Gasteiger partial charge in [-0.1, -0.05) is 58.0 Å². The van der Waals surface area contributed by atoms with Crippen LogP contribution >= 0.6 is 0 Å². The molecule has 29 heavy (non-hydrogen) atoms. The lowest BCUT2D eigenvalue weighted by Crippen LogP contribution is -2.42. The first-order valence-electron chi connectivity index (χ1n) is 11.1. The molecule has 0 unspecified atom stereocenters. The van der Waals surface area contributed by atoms with Crippen LogP contribution in [0.1, 0.15) is 72.4 Å². The Balaban J connectivity index is 0.000000207. The minimum atomic E-state index is 0.367. The van der Waals surface area contributed by atoms with Crippen LogP contribution in [0.3, 0.4) is 0 Å². The maximum Gasteiger partial charge on any atom is 0.124 e. The van der Waals surface area contributed by atoms with Gasteiger partial charge in [-0.05, 0) is 67.7 Å². The number of nitrogens with one attached hydrogen (secondary N) is 1. The number of rotatable bonds is 3. The van der Waals surface area contributed by atoms with Gasteiger partial charge in [0.25, 0.3) is 0 Å². The molecule has 0 radical (unpaired) electrons. The predicted octanol–water partition coefficient (Wildman–Crippen LogP) is 5.83. The summed E-state index contributed by atoms with van der Waals surface area (Å²) in [5, 5.41) is 3.34. The van der Waals surface area contributed by atoms with Gasteiger partial charge < -0.3 is 10.2 Å². The largest absolute Gasteiger partial charge is 0.354 e. The number of aliphatic imine (C=N–C) groups is 1. The molecule has 1 saturated heterocycles. The van der Waals surface area contributed by atoms with Crippen molar-refractivity contribution in [1.29, 1.82) is 0 Å². The van der Waals surface area contributed by atoms with Gasteiger partial charge in [-0.2, -0.15) is 0 Å². The first kappa shape index (κ1) is 23.4. The van der Waals surface area contributed by atoms with Gasteiger partial charge in [-0.15, -0.1) is 0 Å². The number of nitrogens with zero attached hydrogens (tertiary/aromatic N) is 2. The third-order valence-electron chi connectivity index (χ3n) is 6.16. The van der Waals surface area contributed by atoms with Crippen LogP contribution in [0.25, 0.3) is 0 Å². The van der Waals surface area contributed by atoms with E-state index in [1.165, 1.54) is 12.8 Å². The lowest BCUT2D eigenvalue weighted by atomic mass is 9.63. The van der Waals surface area contributed by atoms with Gasteiger partial charge in [-0.25, -0.2) is 4.99 Å². The molecule has 3 rings (SSSR count). The Hall–Kier alpha value is -1.87. The van der Waals surface area contributed by atoms with Crippen molar-refractivity contribution in [3.05, 3.63) is 59.4 Å². The summed E-state index contributed by atoms with van der Waals surface area (Å²) in [6.07, 6.45) is 8.74. The van der Waals surface area contributed by atoms with Crippen LogP contribution in [-0.2, 0) is 10.8 Å². The first-order valence-corrected chi connectivity index (χ1v) is 11.1. The molecule has 0 saturated carbocycles. The normalized spacial score (nSPS) is 21.4. The number of piperazine rings is 1. The highest BCUT2D eigenvalue weighted by atomic mass is 15.3. The molecule has 0 atom stereocenters. The average molecular weight is 396 g/mol. The second-order valence-electron chi connectivity index (χ2n) is 9.45. The van der Waals surface area contributed by atoms with E-state index in [0.717, 1.165) is 37.7 Å². The Kier molecular flexibility index (Phi) is 8.27. The van der Waals surface area contributed by atoms with E-state index in [-0.39, 0.29) is 0 Å². The highest BCUT2D eigenvalue weighted by molar-refractivity contribution is 5.93. The Morgan fingerprint density at radius 1 is 0.966 bits per heavy atom. The second kappa shape index (κ2) is 10.2. The second-order valence-corrected chi connectivity index (χ2v) is 9.45. The fraction of sp³-hybridized carbons (Fsp3) is 0.577. The van der Waals surface area contributed by atoms with E-state index in [2.05, 4.69) is 73.2 Å². The number of allylic oxidation sites excluding steroid dienone is 3. The Morgan fingerprint density at radius 3 is 1.93 bits per heavy atom. The van der Waals surface area contributed by atoms with Gasteiger partial charge in [0.1, 0.15) is 5.82 Å². The van der Waals surface area contributed by atoms with Crippen molar-refractivity contribution in [2.75, 3.05) is 26.2 Å². The van der Waals surface area contributed by atoms with Crippen molar-refractivity contribution < 1.29 is 0 Å². The van der Waals surface area contributed by atoms with Crippen molar-refractivity contribution in [2.45, 2.75) is 72.1 Å². The minimum Gasteiger partial charge on any atom is -0.354 e. The van der Waals surface area contributed by atoms with Crippen molar-refractivity contribution in [1.82, 2.24) is 10.2 Å². The van der Waals surface area contributed by atoms with Gasteiger partial charge in [0.05, 0.1) is 0 Å². The average Bonchev–Trinajstić information content (AvgIpc) is 2.71. The van der Waals surface area contributed by atoms with Crippen molar-refractivity contribution in [3.8, 4) is 0 Å². The summed E-state index contributed by atoms with van der Waals surface area (Å²) in [7, 11) is 0. The van der Waals surface area contributed by atoms with Crippen LogP contribution in [0, 0.1) is 0 Å². The van der Waals surface area contributed by atoms with Crippen molar-refractivity contribution in [2.24, 2.45) is 4.99 Å². The van der Waals surface area contributed by atoms with E-state index in [1.807, 2.05) is 32.9 Å². The summed E-state index contributed by atoms with van der Waals surface area (Å²) in [5.41, 5.74) is 4.90. The van der Waals surface area contributed by atoms with Crippen LogP contribution in [0.5, 0.6) is 0 Å². The van der Waals surface area contributed by atoms with Gasteiger partial charge in [0, 0.05) is 31.9 Å². The van der Waals surface area contributed by atoms with Gasteiger partial charge in [-0.3, -0.25) is 0 Å². The molecule has 3 nitrogen and oxygen atoms in total. The summed E-state index contributed by atoms with van der Waals surface area (Å²) >= 11 is 0. The molecular weight excluding hydrogens is 354 g/mol. The summed E-state index contributed by atoms with van der Waals surface area (Å²) in [4.78, 5) is 6.92. The van der Waals surface area contributed by atoms with E-state index in [4.69, 9.17) is 0 Å². The molecule has 0 spiro atoms. The Morgan fingerprint density at radius 2 is 1.48 bits per heavy atom. The predicted molar refractivity (Wildman–Crippen MR) is 128 cm³/mol. The van der Waals surface area contributed by atoms with Crippen LogP contribution in [0.15, 0.2) is 53.3 Å². The van der Waals surface area contributed by atoms with Gasteiger partial charge in [0.2, 0.25) is 0 Å². The molecule has 0 aromatic heterocycles. The lowest BCUT2D eigenvalue weighted by molar-refractivity contribution is 0.296. The smallest absolute Gasteiger partial charge is 0.124 e. The SMILES string of the molecule is CC1(C)CCC(C)(C)c2ccccc21.C\C=C/C(C)=N\C(=C/C)N1CCNCC1. The molecule has 1 heterocycles. The van der Waals surface area contributed by atoms with E-state index >= 15 is 0 Å². The van der Waals surface area contributed by atoms with E-state index < -0.39 is 0 Å². The molecule has 1 aromatic rings. The van der Waals surface area contributed by atoms with Crippen LogP contribution in [0.4, 0.5) is 0 Å². The molecule has 0 amide bonds. The van der Waals surface area contributed by atoms with Crippen LogP contribution in [0.2, 0.25) is 0 Å². The Labute approximate surface area is 179 Å². The molecule has 160 valence electrons. The standard InChI is InChI=1S/C14H20.C12H21N3/c1-13(2)9-10-14(3,4)12-8-6-5-7-11(12)13;1-4-6-11(3)14-12(5-2)15-9-7-13-8-10-15/h5-8H,9-10H2,1-4H3;4-6,13H,7-10H2,1-3H3/b;6-4-,12-5+,14-11-. The summed E-state index contributed by atoms with van der Waals surface area (Å²) in [6, 6.07) is 8.94. The van der Waals surface area contributed by atoms with E-state index in [0.29, 0.717) is 10.8 Å². The fourth-order valence-corrected chi connectivity index (χ4v) is 4.23. The maximum absolute atomic E-state index is 4.60. The van der Waals surface area contributed by atoms with Gasteiger partial charge in [0.15, 0.2) is 0 Å². The van der Waals surface area contributed by atoms with E-state index in [1.54, 1.807) is 11.1 Å². The monoisotopic (exact) mass is 395 g/mol. The molecule has 1 N–H and O–H groups in total. The third kappa shape index (κ3) is 6.30. The summed E-state index contributed by atoms with van der Waals surface area (Å²) in [5.74, 6) is 1.09. The fourth-order valence-electron chi connectivity index (χ4n) is 4.23. The molecule has 0 bridgehead atoms. The Bertz CT molecular complexity index is 712. The zero-order valence-electron chi connectivity index (χ0n) is 19.7. The molecular formula is C26H41N3. The molecule has 1 aliphatic heterocycles. The molecule has 3 heteroatoms. The number of fused-ring (bicyclic) bond motifs is 1. The number of hydrogen-bond acceptors (Lipinski definition) is 3. The zero-order chi connectivity index (χ0) is 21.5. The third-order valence-corrected chi connectivity index (χ3v) is 6.16. The topological polar surface area (TPSA) is 27.6 Å². The number of hydrogen-bond donors (Lipinski definition) is 1. The zero-order valence-corrected chi connectivity index (χ0v) is 19.7. The highest BCUT2D eigenvalue weighted by Crippen LogP contribution is 2.45. The summed E-state index contributed by atoms with van der Waals surface area (Å²) < 4.78 is 0. The molecule has 1 fully saturated rings. The molecule has 1 aromatic carbocycles. The number of benzene rings is 1. The van der Waals surface area contributed by atoms with Gasteiger partial charge >= 0.3 is 0 Å². The van der Waals surface area contributed by atoms with Crippen molar-refractivity contribution >= 4 is 5.71 Å². The lowest BCUT2D eigenvalue weighted by Gasteiger charge is -2.41. The first-order chi connectivity index (χ1) is 13.7. The van der Waals surface area contributed by atoms with Crippen LogP contribution in [-0.4, -0.2) is 36.8 Å². The molecule has 1 aliphatic carbocycles. The van der Waals surface area contributed by atoms with Crippen LogP contribution < -0.4 is 5.32 Å². The highest BCUT2D eigenvalue weighted by Gasteiger charge is 2.36.